The van der Waals surface area contributed by atoms with Crippen LogP contribution in [-0.4, -0.2) is 18.8 Å². The highest BCUT2D eigenvalue weighted by molar-refractivity contribution is 6.33. The Morgan fingerprint density at radius 1 is 1.44 bits per heavy atom. The minimum absolute atomic E-state index is 0.104. The first-order chi connectivity index (χ1) is 8.51. The Hall–Kier alpha value is -0.990. The molecular formula is C15H21ClO2. The smallest absolute Gasteiger partial charge is 0.138 e. The molecule has 0 saturated carbocycles. The molecule has 0 unspecified atom stereocenters. The van der Waals surface area contributed by atoms with Gasteiger partial charge < -0.3 is 9.84 Å². The second-order valence-corrected chi connectivity index (χ2v) is 4.92. The lowest BCUT2D eigenvalue weighted by atomic mass is 9.96. The largest absolute Gasteiger partial charge is 0.495 e. The first-order valence-electron chi connectivity index (χ1n) is 6.10. The number of rotatable bonds is 5. The minimum atomic E-state index is 0.104. The van der Waals surface area contributed by atoms with Gasteiger partial charge in [-0.25, -0.2) is 0 Å². The molecule has 0 aliphatic carbocycles. The van der Waals surface area contributed by atoms with E-state index in [4.69, 9.17) is 21.4 Å². The maximum atomic E-state index is 8.84. The molecule has 0 aliphatic rings. The molecule has 18 heavy (non-hydrogen) atoms. The normalized spacial score (nSPS) is 11.8. The summed E-state index contributed by atoms with van der Waals surface area (Å²) in [6.45, 7) is 6.24. The number of allylic oxidation sites excluding steroid dienone is 1. The van der Waals surface area contributed by atoms with Crippen molar-refractivity contribution in [1.82, 2.24) is 0 Å². The Morgan fingerprint density at radius 2 is 2.11 bits per heavy atom. The van der Waals surface area contributed by atoms with Gasteiger partial charge in [-0.1, -0.05) is 23.3 Å². The summed E-state index contributed by atoms with van der Waals surface area (Å²) in [5.41, 5.74) is 4.76. The number of hydrogen-bond donors (Lipinski definition) is 1. The molecule has 0 radical (unpaired) electrons. The van der Waals surface area contributed by atoms with E-state index in [1.807, 2.05) is 26.0 Å². The van der Waals surface area contributed by atoms with Crippen LogP contribution in [0.3, 0.4) is 0 Å². The van der Waals surface area contributed by atoms with E-state index in [2.05, 4.69) is 6.92 Å². The highest BCUT2D eigenvalue weighted by Crippen LogP contribution is 2.33. The number of aliphatic hydroxyl groups excluding tert-OH is 1. The van der Waals surface area contributed by atoms with Crippen molar-refractivity contribution in [2.75, 3.05) is 13.7 Å². The van der Waals surface area contributed by atoms with Crippen molar-refractivity contribution in [2.24, 2.45) is 0 Å². The lowest BCUT2D eigenvalue weighted by Crippen LogP contribution is -1.98. The summed E-state index contributed by atoms with van der Waals surface area (Å²) in [4.78, 5) is 0. The zero-order chi connectivity index (χ0) is 13.7. The van der Waals surface area contributed by atoms with Crippen LogP contribution >= 0.6 is 11.6 Å². The molecule has 0 spiro atoms. The average Bonchev–Trinajstić information content (AvgIpc) is 2.34. The molecular weight excluding hydrogens is 248 g/mol. The number of methoxy groups -OCH3 is 1. The third-order valence-electron chi connectivity index (χ3n) is 3.25. The molecule has 0 atom stereocenters. The molecule has 0 amide bonds. The fourth-order valence-corrected chi connectivity index (χ4v) is 2.32. The van der Waals surface area contributed by atoms with Gasteiger partial charge in [0.1, 0.15) is 5.75 Å². The number of hydrogen-bond acceptors (Lipinski definition) is 2. The van der Waals surface area contributed by atoms with E-state index in [1.54, 1.807) is 7.11 Å². The SMILES string of the molecule is COc1cc(C)c(CC/C(C)=C/CO)c(C)c1Cl. The summed E-state index contributed by atoms with van der Waals surface area (Å²) < 4.78 is 5.25. The van der Waals surface area contributed by atoms with Gasteiger partial charge in [0.2, 0.25) is 0 Å². The Kier molecular flexibility index (Phi) is 5.70. The third kappa shape index (κ3) is 3.50. The van der Waals surface area contributed by atoms with Crippen LogP contribution in [0.2, 0.25) is 5.02 Å². The molecule has 0 aromatic heterocycles. The van der Waals surface area contributed by atoms with Crippen molar-refractivity contribution in [3.05, 3.63) is 39.4 Å². The van der Waals surface area contributed by atoms with E-state index in [0.717, 1.165) is 24.2 Å². The Balaban J connectivity index is 2.96. The topological polar surface area (TPSA) is 29.5 Å². The lowest BCUT2D eigenvalue weighted by molar-refractivity contribution is 0.341. The van der Waals surface area contributed by atoms with Crippen LogP contribution in [0.5, 0.6) is 5.75 Å². The number of ether oxygens (including phenoxy) is 1. The van der Waals surface area contributed by atoms with E-state index in [0.29, 0.717) is 5.02 Å². The number of halogens is 1. The van der Waals surface area contributed by atoms with E-state index in [-0.39, 0.29) is 6.61 Å². The molecule has 1 N–H and O–H groups in total. The molecule has 1 aromatic carbocycles. The Bertz CT molecular complexity index is 450. The van der Waals surface area contributed by atoms with E-state index in [1.165, 1.54) is 16.7 Å². The van der Waals surface area contributed by atoms with Gasteiger partial charge in [0, 0.05) is 0 Å². The van der Waals surface area contributed by atoms with Crippen LogP contribution in [0.25, 0.3) is 0 Å². The molecule has 3 heteroatoms. The average molecular weight is 269 g/mol. The van der Waals surface area contributed by atoms with Crippen molar-refractivity contribution >= 4 is 11.6 Å². The summed E-state index contributed by atoms with van der Waals surface area (Å²) in [5, 5.41) is 9.54. The maximum absolute atomic E-state index is 8.84. The predicted molar refractivity (Wildman–Crippen MR) is 76.6 cm³/mol. The summed E-state index contributed by atoms with van der Waals surface area (Å²) in [6.07, 6.45) is 3.71. The number of aryl methyl sites for hydroxylation is 1. The van der Waals surface area contributed by atoms with E-state index in [9.17, 15) is 0 Å². The fourth-order valence-electron chi connectivity index (χ4n) is 2.07. The van der Waals surface area contributed by atoms with Gasteiger partial charge in [-0.15, -0.1) is 0 Å². The van der Waals surface area contributed by atoms with Crippen molar-refractivity contribution in [1.29, 1.82) is 0 Å². The van der Waals surface area contributed by atoms with Crippen LogP contribution in [-0.2, 0) is 6.42 Å². The predicted octanol–water partition coefficient (Wildman–Crippen LogP) is 3.84. The molecule has 1 rings (SSSR count). The van der Waals surface area contributed by atoms with Gasteiger partial charge in [0.05, 0.1) is 18.7 Å². The second-order valence-electron chi connectivity index (χ2n) is 4.55. The van der Waals surface area contributed by atoms with Crippen molar-refractivity contribution in [2.45, 2.75) is 33.6 Å². The van der Waals surface area contributed by atoms with Gasteiger partial charge >= 0.3 is 0 Å². The standard InChI is InChI=1S/C15H21ClO2/c1-10(7-8-17)5-6-13-11(2)9-14(18-4)15(16)12(13)3/h7,9,17H,5-6,8H2,1-4H3/b10-7+. The third-order valence-corrected chi connectivity index (χ3v) is 3.72. The minimum Gasteiger partial charge on any atom is -0.495 e. The van der Waals surface area contributed by atoms with Gasteiger partial charge in [-0.2, -0.15) is 0 Å². The van der Waals surface area contributed by atoms with Crippen LogP contribution < -0.4 is 4.74 Å². The van der Waals surface area contributed by atoms with Crippen LogP contribution in [0.1, 0.15) is 30.0 Å². The van der Waals surface area contributed by atoms with Crippen LogP contribution in [0.4, 0.5) is 0 Å². The highest BCUT2D eigenvalue weighted by atomic mass is 35.5. The first kappa shape index (κ1) is 15.1. The summed E-state index contributed by atoms with van der Waals surface area (Å²) >= 11 is 6.27. The second kappa shape index (κ2) is 6.81. The van der Waals surface area contributed by atoms with Crippen molar-refractivity contribution in [3.63, 3.8) is 0 Å². The molecule has 2 nitrogen and oxygen atoms in total. The number of benzene rings is 1. The van der Waals surface area contributed by atoms with Crippen LogP contribution in [0.15, 0.2) is 17.7 Å². The monoisotopic (exact) mass is 268 g/mol. The quantitative estimate of drug-likeness (QED) is 0.823. The molecule has 0 bridgehead atoms. The van der Waals surface area contributed by atoms with Gasteiger partial charge in [-0.05, 0) is 56.4 Å². The first-order valence-corrected chi connectivity index (χ1v) is 6.48. The van der Waals surface area contributed by atoms with Gasteiger partial charge in [-0.3, -0.25) is 0 Å². The zero-order valence-corrected chi connectivity index (χ0v) is 12.3. The molecule has 0 saturated heterocycles. The van der Waals surface area contributed by atoms with Crippen LogP contribution in [0, 0.1) is 13.8 Å². The molecule has 1 aromatic rings. The fraction of sp³-hybridized carbons (Fsp3) is 0.467. The zero-order valence-electron chi connectivity index (χ0n) is 11.5. The van der Waals surface area contributed by atoms with Gasteiger partial charge in [0.15, 0.2) is 0 Å². The van der Waals surface area contributed by atoms with E-state index >= 15 is 0 Å². The number of aliphatic hydroxyl groups is 1. The van der Waals surface area contributed by atoms with Gasteiger partial charge in [0.25, 0.3) is 0 Å². The Morgan fingerprint density at radius 3 is 2.67 bits per heavy atom. The summed E-state index contributed by atoms with van der Waals surface area (Å²) in [7, 11) is 1.63. The van der Waals surface area contributed by atoms with Crippen molar-refractivity contribution < 1.29 is 9.84 Å². The summed E-state index contributed by atoms with van der Waals surface area (Å²) in [5.74, 6) is 0.734. The van der Waals surface area contributed by atoms with Crippen molar-refractivity contribution in [3.8, 4) is 5.75 Å². The molecule has 100 valence electrons. The molecule has 0 fully saturated rings. The van der Waals surface area contributed by atoms with E-state index < -0.39 is 0 Å². The Labute approximate surface area is 114 Å². The molecule has 0 heterocycles. The molecule has 0 aliphatic heterocycles. The highest BCUT2D eigenvalue weighted by Gasteiger charge is 2.11. The summed E-state index contributed by atoms with van der Waals surface area (Å²) in [6, 6.07) is 1.98. The maximum Gasteiger partial charge on any atom is 0.138 e. The lowest BCUT2D eigenvalue weighted by Gasteiger charge is -2.15.